The Morgan fingerprint density at radius 3 is 2.25 bits per heavy atom. The van der Waals surface area contributed by atoms with Crippen LogP contribution in [0.15, 0.2) is 78.9 Å². The topological polar surface area (TPSA) is 113 Å². The number of hydrogen-bond donors (Lipinski definition) is 1. The lowest BCUT2D eigenvalue weighted by Crippen LogP contribution is -2.37. The lowest BCUT2D eigenvalue weighted by Gasteiger charge is -2.28. The predicted molar refractivity (Wildman–Crippen MR) is 114 cm³/mol. The Morgan fingerprint density at radius 1 is 0.875 bits per heavy atom. The summed E-state index contributed by atoms with van der Waals surface area (Å²) in [5, 5.41) is 22.4. The van der Waals surface area contributed by atoms with Crippen LogP contribution in [0.4, 0.5) is 17.1 Å². The number of imide groups is 1. The van der Waals surface area contributed by atoms with Crippen molar-refractivity contribution in [3.63, 3.8) is 0 Å². The molecule has 1 N–H and O–H groups in total. The molecule has 0 aliphatic carbocycles. The van der Waals surface area contributed by atoms with Gasteiger partial charge in [0.05, 0.1) is 22.3 Å². The van der Waals surface area contributed by atoms with Gasteiger partial charge in [-0.05, 0) is 35.9 Å². The molecule has 3 atom stereocenters. The van der Waals surface area contributed by atoms with E-state index in [9.17, 15) is 24.8 Å². The molecule has 2 fully saturated rings. The summed E-state index contributed by atoms with van der Waals surface area (Å²) in [4.78, 5) is 44.3. The summed E-state index contributed by atoms with van der Waals surface area (Å²) >= 11 is 0. The van der Waals surface area contributed by atoms with Crippen LogP contribution >= 0.6 is 0 Å². The van der Waals surface area contributed by atoms with E-state index in [1.54, 1.807) is 17.2 Å². The Kier molecular flexibility index (Phi) is 4.60. The number of fused-ring (bicyclic) bond motifs is 1. The SMILES string of the molecule is O=C1[C@@H]2[C@@H](ON(c3ccccc3)[C@H]2c2ccc(O)cc2)C(=O)N1c1cccc([N+](=O)[O-])c1. The van der Waals surface area contributed by atoms with Crippen molar-refractivity contribution in [2.75, 3.05) is 9.96 Å². The van der Waals surface area contributed by atoms with Gasteiger partial charge in [-0.25, -0.2) is 9.96 Å². The van der Waals surface area contributed by atoms with Crippen molar-refractivity contribution in [3.05, 3.63) is 94.5 Å². The van der Waals surface area contributed by atoms with E-state index >= 15 is 0 Å². The number of phenolic OH excluding ortho intramolecular Hbond substituents is 1. The molecule has 0 saturated carbocycles. The maximum Gasteiger partial charge on any atom is 0.271 e. The van der Waals surface area contributed by atoms with Crippen LogP contribution in [-0.2, 0) is 14.4 Å². The van der Waals surface area contributed by atoms with Crippen LogP contribution < -0.4 is 9.96 Å². The minimum Gasteiger partial charge on any atom is -0.508 e. The molecule has 0 radical (unpaired) electrons. The number of hydroxylamine groups is 1. The molecule has 3 aromatic rings. The van der Waals surface area contributed by atoms with Gasteiger partial charge in [0.2, 0.25) is 5.91 Å². The normalized spacial score (nSPS) is 22.3. The third-order valence-corrected chi connectivity index (χ3v) is 5.66. The monoisotopic (exact) mass is 431 g/mol. The fourth-order valence-electron chi connectivity index (χ4n) is 4.22. The quantitative estimate of drug-likeness (QED) is 0.383. The Balaban J connectivity index is 1.57. The molecule has 2 amide bonds. The lowest BCUT2D eigenvalue weighted by molar-refractivity contribution is -0.384. The van der Waals surface area contributed by atoms with Crippen LogP contribution in [0.25, 0.3) is 0 Å². The van der Waals surface area contributed by atoms with Gasteiger partial charge < -0.3 is 5.11 Å². The zero-order valence-electron chi connectivity index (χ0n) is 16.6. The Labute approximate surface area is 182 Å². The maximum absolute atomic E-state index is 13.5. The molecule has 9 heteroatoms. The molecule has 2 heterocycles. The number of phenols is 1. The fourth-order valence-corrected chi connectivity index (χ4v) is 4.22. The number of nitrogens with zero attached hydrogens (tertiary/aromatic N) is 3. The fraction of sp³-hybridized carbons (Fsp3) is 0.130. The van der Waals surface area contributed by atoms with Crippen molar-refractivity contribution in [1.29, 1.82) is 0 Å². The van der Waals surface area contributed by atoms with Gasteiger partial charge in [-0.15, -0.1) is 0 Å². The maximum atomic E-state index is 13.5. The van der Waals surface area contributed by atoms with Crippen molar-refractivity contribution in [1.82, 2.24) is 0 Å². The van der Waals surface area contributed by atoms with Gasteiger partial charge in [-0.2, -0.15) is 0 Å². The Morgan fingerprint density at radius 2 is 1.56 bits per heavy atom. The van der Waals surface area contributed by atoms with E-state index in [0.717, 1.165) is 4.90 Å². The average molecular weight is 431 g/mol. The second-order valence-electron chi connectivity index (χ2n) is 7.54. The molecule has 160 valence electrons. The second-order valence-corrected chi connectivity index (χ2v) is 7.54. The number of rotatable bonds is 4. The molecule has 2 saturated heterocycles. The van der Waals surface area contributed by atoms with E-state index < -0.39 is 34.8 Å². The van der Waals surface area contributed by atoms with E-state index in [-0.39, 0.29) is 17.1 Å². The number of carbonyl (C=O) groups excluding carboxylic acids is 2. The van der Waals surface area contributed by atoms with Crippen molar-refractivity contribution < 1.29 is 24.5 Å². The Bertz CT molecular complexity index is 1210. The molecular formula is C23H17N3O6. The number of amides is 2. The summed E-state index contributed by atoms with van der Waals surface area (Å²) in [6.45, 7) is 0. The summed E-state index contributed by atoms with van der Waals surface area (Å²) in [6, 6.07) is 20.2. The molecule has 0 unspecified atom stereocenters. The number of nitro benzene ring substituents is 1. The third kappa shape index (κ3) is 3.07. The minimum atomic E-state index is -1.08. The lowest BCUT2D eigenvalue weighted by atomic mass is 9.90. The minimum absolute atomic E-state index is 0.0718. The highest BCUT2D eigenvalue weighted by molar-refractivity contribution is 6.24. The van der Waals surface area contributed by atoms with Crippen LogP contribution in [0, 0.1) is 16.0 Å². The average Bonchev–Trinajstić information content (AvgIpc) is 3.31. The van der Waals surface area contributed by atoms with Crippen molar-refractivity contribution in [3.8, 4) is 5.75 Å². The number of anilines is 2. The number of carbonyl (C=O) groups is 2. The van der Waals surface area contributed by atoms with Crippen LogP contribution in [0.2, 0.25) is 0 Å². The third-order valence-electron chi connectivity index (χ3n) is 5.66. The number of benzene rings is 3. The van der Waals surface area contributed by atoms with E-state index in [4.69, 9.17) is 4.84 Å². The summed E-state index contributed by atoms with van der Waals surface area (Å²) < 4.78 is 0. The first-order valence-corrected chi connectivity index (χ1v) is 9.88. The van der Waals surface area contributed by atoms with Gasteiger partial charge in [0.25, 0.3) is 11.6 Å². The molecule has 2 aliphatic heterocycles. The highest BCUT2D eigenvalue weighted by Gasteiger charge is 2.60. The molecule has 32 heavy (non-hydrogen) atoms. The van der Waals surface area contributed by atoms with Crippen LogP contribution in [0.1, 0.15) is 11.6 Å². The molecule has 0 spiro atoms. The first kappa shape index (κ1) is 19.7. The molecule has 9 nitrogen and oxygen atoms in total. The highest BCUT2D eigenvalue weighted by Crippen LogP contribution is 2.47. The first-order chi connectivity index (χ1) is 15.5. The smallest absolute Gasteiger partial charge is 0.271 e. The van der Waals surface area contributed by atoms with Crippen molar-refractivity contribution >= 4 is 28.9 Å². The van der Waals surface area contributed by atoms with E-state index in [1.807, 2.05) is 30.3 Å². The van der Waals surface area contributed by atoms with Gasteiger partial charge in [0, 0.05) is 12.1 Å². The van der Waals surface area contributed by atoms with Gasteiger partial charge in [-0.3, -0.25) is 24.5 Å². The number of hydrogen-bond acceptors (Lipinski definition) is 7. The number of aromatic hydroxyl groups is 1. The standard InChI is InChI=1S/C23H17N3O6/c27-18-11-9-14(10-12-18)20-19-21(32-25(20)15-5-2-1-3-6-15)23(29)24(22(19)28)16-7-4-8-17(13-16)26(30)31/h1-13,19-21,27H/t19-,20-,21+/m0/s1. The summed E-state index contributed by atoms with van der Waals surface area (Å²) in [5.41, 5.74) is 1.26. The molecular weight excluding hydrogens is 414 g/mol. The van der Waals surface area contributed by atoms with Gasteiger partial charge in [0.15, 0.2) is 6.10 Å². The van der Waals surface area contributed by atoms with Crippen LogP contribution in [0.3, 0.4) is 0 Å². The van der Waals surface area contributed by atoms with Crippen molar-refractivity contribution in [2.45, 2.75) is 12.1 Å². The highest BCUT2D eigenvalue weighted by atomic mass is 16.7. The summed E-state index contributed by atoms with van der Waals surface area (Å²) in [5.74, 6) is -1.88. The van der Waals surface area contributed by atoms with E-state index in [1.165, 1.54) is 36.4 Å². The van der Waals surface area contributed by atoms with Gasteiger partial charge in [-0.1, -0.05) is 36.4 Å². The van der Waals surface area contributed by atoms with Gasteiger partial charge >= 0.3 is 0 Å². The predicted octanol–water partition coefficient (Wildman–Crippen LogP) is 3.35. The number of nitro groups is 1. The zero-order chi connectivity index (χ0) is 22.4. The van der Waals surface area contributed by atoms with E-state index in [0.29, 0.717) is 11.3 Å². The molecule has 0 aromatic heterocycles. The molecule has 3 aromatic carbocycles. The molecule has 2 aliphatic rings. The summed E-state index contributed by atoms with van der Waals surface area (Å²) in [7, 11) is 0. The number of para-hydroxylation sites is 1. The van der Waals surface area contributed by atoms with Crippen LogP contribution in [0.5, 0.6) is 5.75 Å². The summed E-state index contributed by atoms with van der Waals surface area (Å²) in [6.07, 6.45) is -1.08. The molecule has 0 bridgehead atoms. The zero-order valence-corrected chi connectivity index (χ0v) is 16.6. The second kappa shape index (κ2) is 7.47. The first-order valence-electron chi connectivity index (χ1n) is 9.88. The van der Waals surface area contributed by atoms with Crippen molar-refractivity contribution in [2.24, 2.45) is 5.92 Å². The van der Waals surface area contributed by atoms with Crippen LogP contribution in [-0.4, -0.2) is 27.9 Å². The largest absolute Gasteiger partial charge is 0.508 e. The molecule has 5 rings (SSSR count). The van der Waals surface area contributed by atoms with E-state index in [2.05, 4.69) is 0 Å². The number of non-ortho nitro benzene ring substituents is 1. The Hall–Kier alpha value is -4.24. The van der Waals surface area contributed by atoms with Gasteiger partial charge in [0.1, 0.15) is 11.7 Å².